The summed E-state index contributed by atoms with van der Waals surface area (Å²) in [7, 11) is -1.02. The van der Waals surface area contributed by atoms with Gasteiger partial charge in [0.25, 0.3) is 5.56 Å². The van der Waals surface area contributed by atoms with E-state index in [2.05, 4.69) is 5.10 Å². The first-order valence-electron chi connectivity index (χ1n) is 8.41. The summed E-state index contributed by atoms with van der Waals surface area (Å²) in [6.45, 7) is 6.13. The third-order valence-corrected chi connectivity index (χ3v) is 4.77. The van der Waals surface area contributed by atoms with Gasteiger partial charge in [0, 0.05) is 10.9 Å². The second-order valence-electron chi connectivity index (χ2n) is 7.54. The molecule has 1 aromatic heterocycles. The number of hydrogen-bond acceptors (Lipinski definition) is 4. The minimum absolute atomic E-state index is 0.00469. The van der Waals surface area contributed by atoms with Crippen molar-refractivity contribution in [2.75, 3.05) is 0 Å². The number of nitrogens with zero attached hydrogens (tertiary/aromatic N) is 2. The van der Waals surface area contributed by atoms with Crippen LogP contribution in [0.5, 0.6) is 0 Å². The SMILES string of the molecule is CC(C)(C)c1cc(F)c2c(=O)n(-c3cccc4c3COB4O)ncc2c1. The van der Waals surface area contributed by atoms with E-state index in [4.69, 9.17) is 4.65 Å². The summed E-state index contributed by atoms with van der Waals surface area (Å²) in [5, 5.41) is 14.6. The average molecular weight is 352 g/mol. The van der Waals surface area contributed by atoms with Crippen molar-refractivity contribution in [2.24, 2.45) is 0 Å². The maximum Gasteiger partial charge on any atom is 0.491 e. The van der Waals surface area contributed by atoms with Gasteiger partial charge in [-0.25, -0.2) is 4.39 Å². The molecule has 0 radical (unpaired) electrons. The van der Waals surface area contributed by atoms with Crippen molar-refractivity contribution in [1.82, 2.24) is 9.78 Å². The molecule has 0 fully saturated rings. The lowest BCUT2D eigenvalue weighted by Gasteiger charge is -2.20. The number of aromatic nitrogens is 2. The Hall–Kier alpha value is -2.51. The Kier molecular flexibility index (Phi) is 3.75. The van der Waals surface area contributed by atoms with Crippen molar-refractivity contribution >= 4 is 23.4 Å². The molecule has 1 N–H and O–H groups in total. The summed E-state index contributed by atoms with van der Waals surface area (Å²) in [5.41, 5.74) is 1.80. The maximum atomic E-state index is 14.8. The first kappa shape index (κ1) is 16.9. The van der Waals surface area contributed by atoms with Crippen LogP contribution in [0.1, 0.15) is 31.9 Å². The van der Waals surface area contributed by atoms with Crippen LogP contribution >= 0.6 is 0 Å². The lowest BCUT2D eigenvalue weighted by Crippen LogP contribution is -2.30. The van der Waals surface area contributed by atoms with Crippen molar-refractivity contribution in [3.8, 4) is 5.69 Å². The molecule has 0 spiro atoms. The molecule has 0 saturated heterocycles. The molecule has 0 amide bonds. The summed E-state index contributed by atoms with van der Waals surface area (Å²) in [6, 6.07) is 8.37. The third kappa shape index (κ3) is 2.55. The highest BCUT2D eigenvalue weighted by molar-refractivity contribution is 6.61. The lowest BCUT2D eigenvalue weighted by atomic mass is 9.79. The van der Waals surface area contributed by atoms with E-state index in [1.807, 2.05) is 20.8 Å². The summed E-state index contributed by atoms with van der Waals surface area (Å²) in [6.07, 6.45) is 1.50. The van der Waals surface area contributed by atoms with E-state index in [1.165, 1.54) is 16.9 Å². The van der Waals surface area contributed by atoms with Crippen LogP contribution < -0.4 is 11.0 Å². The number of hydrogen-bond donors (Lipinski definition) is 1. The molecule has 7 heteroatoms. The molecule has 1 aliphatic rings. The zero-order valence-corrected chi connectivity index (χ0v) is 14.8. The van der Waals surface area contributed by atoms with Crippen molar-refractivity contribution in [1.29, 1.82) is 0 Å². The standard InChI is InChI=1S/C19H18BFN2O3/c1-19(2,3)12-7-11-9-22-23(18(24)17(11)15(21)8-12)16-6-4-5-14-13(16)10-26-20(14)25/h4-9,25H,10H2,1-3H3. The second kappa shape index (κ2) is 5.76. The molecule has 26 heavy (non-hydrogen) atoms. The average Bonchev–Trinajstić information content (AvgIpc) is 2.96. The van der Waals surface area contributed by atoms with E-state index in [0.717, 1.165) is 5.56 Å². The number of rotatable bonds is 1. The molecular formula is C19H18BFN2O3. The quantitative estimate of drug-likeness (QED) is 0.681. The van der Waals surface area contributed by atoms with Gasteiger partial charge in [0.15, 0.2) is 0 Å². The van der Waals surface area contributed by atoms with Crippen LogP contribution in [0.25, 0.3) is 16.5 Å². The molecule has 0 aliphatic carbocycles. The number of benzene rings is 2. The van der Waals surface area contributed by atoms with Gasteiger partial charge in [-0.3, -0.25) is 4.79 Å². The van der Waals surface area contributed by atoms with E-state index in [1.54, 1.807) is 24.3 Å². The Bertz CT molecular complexity index is 1090. The highest BCUT2D eigenvalue weighted by Crippen LogP contribution is 2.27. The molecule has 5 nitrogen and oxygen atoms in total. The minimum atomic E-state index is -1.02. The Balaban J connectivity index is 1.96. The molecular weight excluding hydrogens is 334 g/mol. The summed E-state index contributed by atoms with van der Waals surface area (Å²) >= 11 is 0. The van der Waals surface area contributed by atoms with Crippen LogP contribution in [0.15, 0.2) is 41.3 Å². The normalized spacial score (nSPS) is 14.1. The van der Waals surface area contributed by atoms with Crippen molar-refractivity contribution in [3.05, 3.63) is 63.8 Å². The highest BCUT2D eigenvalue weighted by Gasteiger charge is 2.30. The summed E-state index contributed by atoms with van der Waals surface area (Å²) < 4.78 is 21.2. The van der Waals surface area contributed by atoms with Crippen LogP contribution in [-0.2, 0) is 16.7 Å². The molecule has 0 atom stereocenters. The first-order chi connectivity index (χ1) is 12.3. The van der Waals surface area contributed by atoms with Gasteiger partial charge >= 0.3 is 7.12 Å². The molecule has 0 saturated carbocycles. The molecule has 3 aromatic rings. The largest absolute Gasteiger partial charge is 0.491 e. The van der Waals surface area contributed by atoms with Gasteiger partial charge < -0.3 is 9.68 Å². The molecule has 0 bridgehead atoms. The summed E-state index contributed by atoms with van der Waals surface area (Å²) in [5.74, 6) is -0.558. The minimum Gasteiger partial charge on any atom is -0.423 e. The van der Waals surface area contributed by atoms with Gasteiger partial charge in [0.05, 0.1) is 23.9 Å². The summed E-state index contributed by atoms with van der Waals surface area (Å²) in [4.78, 5) is 12.9. The Morgan fingerprint density at radius 1 is 1.31 bits per heavy atom. The van der Waals surface area contributed by atoms with E-state index >= 15 is 0 Å². The number of fused-ring (bicyclic) bond motifs is 2. The van der Waals surface area contributed by atoms with Crippen LogP contribution in [0, 0.1) is 5.82 Å². The van der Waals surface area contributed by atoms with E-state index in [9.17, 15) is 14.2 Å². The van der Waals surface area contributed by atoms with Gasteiger partial charge in [-0.15, -0.1) is 0 Å². The van der Waals surface area contributed by atoms with Gasteiger partial charge in [0.1, 0.15) is 5.82 Å². The Morgan fingerprint density at radius 2 is 2.08 bits per heavy atom. The van der Waals surface area contributed by atoms with Crippen LogP contribution in [-0.4, -0.2) is 21.9 Å². The van der Waals surface area contributed by atoms with Crippen molar-refractivity contribution in [3.63, 3.8) is 0 Å². The van der Waals surface area contributed by atoms with E-state index < -0.39 is 18.5 Å². The predicted molar refractivity (Wildman–Crippen MR) is 98.4 cm³/mol. The van der Waals surface area contributed by atoms with Crippen LogP contribution in [0.3, 0.4) is 0 Å². The van der Waals surface area contributed by atoms with E-state index in [0.29, 0.717) is 22.1 Å². The zero-order chi connectivity index (χ0) is 18.6. The van der Waals surface area contributed by atoms with Crippen LogP contribution in [0.4, 0.5) is 4.39 Å². The predicted octanol–water partition coefficient (Wildman–Crippen LogP) is 2.04. The fourth-order valence-electron chi connectivity index (χ4n) is 3.27. The van der Waals surface area contributed by atoms with Gasteiger partial charge in [-0.05, 0) is 34.6 Å². The van der Waals surface area contributed by atoms with Gasteiger partial charge in [-0.2, -0.15) is 9.78 Å². The Morgan fingerprint density at radius 3 is 2.81 bits per heavy atom. The zero-order valence-electron chi connectivity index (χ0n) is 14.8. The number of halogens is 1. The maximum absolute atomic E-state index is 14.8. The molecule has 132 valence electrons. The van der Waals surface area contributed by atoms with Crippen LogP contribution in [0.2, 0.25) is 0 Å². The first-order valence-corrected chi connectivity index (χ1v) is 8.41. The molecule has 0 unspecified atom stereocenters. The fourth-order valence-corrected chi connectivity index (χ4v) is 3.27. The van der Waals surface area contributed by atoms with Crippen molar-refractivity contribution in [2.45, 2.75) is 32.8 Å². The van der Waals surface area contributed by atoms with Gasteiger partial charge in [0.2, 0.25) is 0 Å². The highest BCUT2D eigenvalue weighted by atomic mass is 19.1. The molecule has 2 heterocycles. The molecule has 2 aromatic carbocycles. The van der Waals surface area contributed by atoms with E-state index in [-0.39, 0.29) is 17.4 Å². The van der Waals surface area contributed by atoms with Crippen molar-refractivity contribution < 1.29 is 14.1 Å². The smallest absolute Gasteiger partial charge is 0.423 e. The van der Waals surface area contributed by atoms with Gasteiger partial charge in [-0.1, -0.05) is 32.9 Å². The third-order valence-electron chi connectivity index (χ3n) is 4.77. The molecule has 4 rings (SSSR count). The topological polar surface area (TPSA) is 64.3 Å². The Labute approximate surface area is 150 Å². The second-order valence-corrected chi connectivity index (χ2v) is 7.54. The fraction of sp³-hybridized carbons (Fsp3) is 0.263. The lowest BCUT2D eigenvalue weighted by molar-refractivity contribution is 0.275. The molecule has 1 aliphatic heterocycles. The monoisotopic (exact) mass is 352 g/mol.